The van der Waals surface area contributed by atoms with Crippen molar-refractivity contribution in [2.24, 2.45) is 5.41 Å². The summed E-state index contributed by atoms with van der Waals surface area (Å²) in [6.45, 7) is 6.85. The molecule has 0 saturated carbocycles. The van der Waals surface area contributed by atoms with Gasteiger partial charge in [-0.1, -0.05) is 0 Å². The van der Waals surface area contributed by atoms with Gasteiger partial charge in [0.2, 0.25) is 0 Å². The zero-order valence-electron chi connectivity index (χ0n) is 8.81. The van der Waals surface area contributed by atoms with Crippen molar-refractivity contribution in [1.29, 1.82) is 0 Å². The molecule has 0 radical (unpaired) electrons. The van der Waals surface area contributed by atoms with Crippen molar-refractivity contribution in [2.45, 2.75) is 19.8 Å². The highest BCUT2D eigenvalue weighted by molar-refractivity contribution is 5.75. The summed E-state index contributed by atoms with van der Waals surface area (Å²) in [7, 11) is 0. The highest BCUT2D eigenvalue weighted by Gasteiger charge is 2.38. The van der Waals surface area contributed by atoms with E-state index in [-0.39, 0.29) is 6.03 Å². The number of rotatable bonds is 1. The molecule has 2 heterocycles. The van der Waals surface area contributed by atoms with Gasteiger partial charge in [-0.15, -0.1) is 0 Å². The fourth-order valence-corrected chi connectivity index (χ4v) is 2.45. The molecule has 2 N–H and O–H groups in total. The van der Waals surface area contributed by atoms with E-state index < -0.39 is 0 Å². The Kier molecular flexibility index (Phi) is 2.63. The Hall–Kier alpha value is -0.770. The van der Waals surface area contributed by atoms with Gasteiger partial charge in [0.05, 0.1) is 0 Å². The van der Waals surface area contributed by atoms with Crippen LogP contribution in [0.2, 0.25) is 0 Å². The number of nitrogens with zero attached hydrogens (tertiary/aromatic N) is 1. The Morgan fingerprint density at radius 2 is 2.14 bits per heavy atom. The third-order valence-electron chi connectivity index (χ3n) is 3.47. The van der Waals surface area contributed by atoms with Crippen LogP contribution in [0.3, 0.4) is 0 Å². The van der Waals surface area contributed by atoms with E-state index in [0.717, 1.165) is 32.7 Å². The maximum atomic E-state index is 11.5. The lowest BCUT2D eigenvalue weighted by Crippen LogP contribution is -2.59. The first-order valence-electron chi connectivity index (χ1n) is 5.49. The van der Waals surface area contributed by atoms with Gasteiger partial charge in [-0.05, 0) is 32.9 Å². The second kappa shape index (κ2) is 3.77. The van der Waals surface area contributed by atoms with E-state index >= 15 is 0 Å². The number of urea groups is 1. The van der Waals surface area contributed by atoms with Crippen molar-refractivity contribution in [3.8, 4) is 0 Å². The standard InChI is InChI=1S/C10H19N3O/c1-2-13-8-10(7-12-9(13)14)3-5-11-6-4-10/h11H,2-8H2,1H3,(H,12,14). The van der Waals surface area contributed by atoms with Gasteiger partial charge in [0.25, 0.3) is 0 Å². The van der Waals surface area contributed by atoms with Crippen molar-refractivity contribution in [3.63, 3.8) is 0 Å². The largest absolute Gasteiger partial charge is 0.337 e. The molecule has 0 aliphatic carbocycles. The summed E-state index contributed by atoms with van der Waals surface area (Å²) in [5.74, 6) is 0. The topological polar surface area (TPSA) is 44.4 Å². The zero-order valence-corrected chi connectivity index (χ0v) is 8.81. The van der Waals surface area contributed by atoms with Crippen LogP contribution in [0.5, 0.6) is 0 Å². The molecule has 2 rings (SSSR count). The second-order valence-electron chi connectivity index (χ2n) is 4.42. The monoisotopic (exact) mass is 197 g/mol. The molecule has 2 saturated heterocycles. The van der Waals surface area contributed by atoms with Crippen LogP contribution in [0.1, 0.15) is 19.8 Å². The minimum absolute atomic E-state index is 0.108. The number of hydrogen-bond donors (Lipinski definition) is 2. The van der Waals surface area contributed by atoms with Gasteiger partial charge < -0.3 is 15.5 Å². The second-order valence-corrected chi connectivity index (χ2v) is 4.42. The Morgan fingerprint density at radius 3 is 2.79 bits per heavy atom. The van der Waals surface area contributed by atoms with Gasteiger partial charge in [-0.3, -0.25) is 0 Å². The summed E-state index contributed by atoms with van der Waals surface area (Å²) in [5.41, 5.74) is 0.342. The van der Waals surface area contributed by atoms with Crippen LogP contribution < -0.4 is 10.6 Å². The minimum atomic E-state index is 0.108. The van der Waals surface area contributed by atoms with Crippen LogP contribution in [0, 0.1) is 5.41 Å². The quantitative estimate of drug-likeness (QED) is 0.639. The van der Waals surface area contributed by atoms with Gasteiger partial charge in [0.15, 0.2) is 0 Å². The molecule has 2 aliphatic rings. The van der Waals surface area contributed by atoms with Gasteiger partial charge in [0, 0.05) is 25.0 Å². The first-order chi connectivity index (χ1) is 6.76. The van der Waals surface area contributed by atoms with Crippen LogP contribution >= 0.6 is 0 Å². The predicted octanol–water partition coefficient (Wildman–Crippen LogP) is 0.401. The molecule has 0 aromatic heterocycles. The summed E-state index contributed by atoms with van der Waals surface area (Å²) < 4.78 is 0. The maximum Gasteiger partial charge on any atom is 0.317 e. The zero-order chi connectivity index (χ0) is 10.0. The SMILES string of the molecule is CCN1CC2(CCNCC2)CNC1=O. The van der Waals surface area contributed by atoms with Crippen LogP contribution in [0.4, 0.5) is 4.79 Å². The molecule has 1 spiro atoms. The molecule has 80 valence electrons. The lowest BCUT2D eigenvalue weighted by molar-refractivity contribution is 0.0944. The summed E-state index contributed by atoms with van der Waals surface area (Å²) >= 11 is 0. The number of carbonyl (C=O) groups excluding carboxylic acids is 1. The molecule has 0 aromatic rings. The van der Waals surface area contributed by atoms with E-state index in [2.05, 4.69) is 10.6 Å². The van der Waals surface area contributed by atoms with Crippen LogP contribution in [-0.2, 0) is 0 Å². The number of piperidine rings is 1. The number of amides is 2. The summed E-state index contributed by atoms with van der Waals surface area (Å²) in [6, 6.07) is 0.108. The van der Waals surface area contributed by atoms with Crippen molar-refractivity contribution < 1.29 is 4.79 Å². The molecule has 2 aliphatic heterocycles. The number of nitrogens with one attached hydrogen (secondary N) is 2. The molecule has 14 heavy (non-hydrogen) atoms. The first kappa shape index (κ1) is 9.77. The first-order valence-corrected chi connectivity index (χ1v) is 5.49. The summed E-state index contributed by atoms with van der Waals surface area (Å²) in [4.78, 5) is 13.4. The molecule has 4 nitrogen and oxygen atoms in total. The van der Waals surface area contributed by atoms with E-state index in [1.54, 1.807) is 0 Å². The van der Waals surface area contributed by atoms with Crippen LogP contribution in [0.15, 0.2) is 0 Å². The predicted molar refractivity (Wildman–Crippen MR) is 55.2 cm³/mol. The molecule has 0 unspecified atom stereocenters. The molecular formula is C10H19N3O. The Labute approximate surface area is 85.0 Å². The van der Waals surface area contributed by atoms with Crippen molar-refractivity contribution in [1.82, 2.24) is 15.5 Å². The van der Waals surface area contributed by atoms with Gasteiger partial charge in [0.1, 0.15) is 0 Å². The normalized spacial score (nSPS) is 26.4. The van der Waals surface area contributed by atoms with E-state index in [4.69, 9.17) is 0 Å². The average Bonchev–Trinajstić information content (AvgIpc) is 2.23. The van der Waals surface area contributed by atoms with Gasteiger partial charge in [-0.25, -0.2) is 4.79 Å². The lowest BCUT2D eigenvalue weighted by Gasteiger charge is -2.45. The molecule has 4 heteroatoms. The average molecular weight is 197 g/mol. The van der Waals surface area contributed by atoms with Crippen LogP contribution in [-0.4, -0.2) is 43.7 Å². The summed E-state index contributed by atoms with van der Waals surface area (Å²) in [5, 5.41) is 6.37. The third-order valence-corrected chi connectivity index (χ3v) is 3.47. The van der Waals surface area contributed by atoms with Crippen molar-refractivity contribution in [3.05, 3.63) is 0 Å². The van der Waals surface area contributed by atoms with E-state index in [1.165, 1.54) is 12.8 Å². The van der Waals surface area contributed by atoms with Crippen molar-refractivity contribution >= 4 is 6.03 Å². The Bertz CT molecular complexity index is 223. The molecule has 2 amide bonds. The smallest absolute Gasteiger partial charge is 0.317 e. The fraction of sp³-hybridized carbons (Fsp3) is 0.900. The van der Waals surface area contributed by atoms with E-state index in [9.17, 15) is 4.79 Å². The third kappa shape index (κ3) is 1.71. The lowest BCUT2D eigenvalue weighted by atomic mass is 9.77. The Balaban J connectivity index is 2.03. The highest BCUT2D eigenvalue weighted by Crippen LogP contribution is 2.31. The van der Waals surface area contributed by atoms with E-state index in [1.807, 2.05) is 11.8 Å². The maximum absolute atomic E-state index is 11.5. The molecule has 0 atom stereocenters. The minimum Gasteiger partial charge on any atom is -0.337 e. The number of carbonyl (C=O) groups is 1. The highest BCUT2D eigenvalue weighted by atomic mass is 16.2. The molecule has 2 fully saturated rings. The number of hydrogen-bond acceptors (Lipinski definition) is 2. The van der Waals surface area contributed by atoms with Crippen molar-refractivity contribution in [2.75, 3.05) is 32.7 Å². The molecule has 0 bridgehead atoms. The van der Waals surface area contributed by atoms with Crippen LogP contribution in [0.25, 0.3) is 0 Å². The fourth-order valence-electron chi connectivity index (χ4n) is 2.45. The van der Waals surface area contributed by atoms with Gasteiger partial charge in [-0.2, -0.15) is 0 Å². The van der Waals surface area contributed by atoms with E-state index in [0.29, 0.717) is 5.41 Å². The molecular weight excluding hydrogens is 178 g/mol. The van der Waals surface area contributed by atoms with Gasteiger partial charge >= 0.3 is 6.03 Å². The molecule has 0 aromatic carbocycles. The summed E-state index contributed by atoms with van der Waals surface area (Å²) in [6.07, 6.45) is 2.37. The Morgan fingerprint density at radius 1 is 1.43 bits per heavy atom.